The molecule has 1 aliphatic heterocycles. The van der Waals surface area contributed by atoms with Crippen molar-refractivity contribution in [2.75, 3.05) is 13.1 Å². The van der Waals surface area contributed by atoms with Crippen LogP contribution in [0.3, 0.4) is 0 Å². The minimum absolute atomic E-state index is 0.0654. The molecule has 0 bridgehead atoms. The van der Waals surface area contributed by atoms with Gasteiger partial charge in [-0.05, 0) is 32.4 Å². The topological polar surface area (TPSA) is 41.1 Å². The Bertz CT molecular complexity index is 403. The molecular formula is C13H18N2O. The fraction of sp³-hybridized carbons (Fsp3) is 0.462. The summed E-state index contributed by atoms with van der Waals surface area (Å²) >= 11 is 0. The molecule has 1 aliphatic rings. The SMILES string of the molecule is Cc1cccc(C2(C)NCCCNC2=O)c1. The molecule has 16 heavy (non-hydrogen) atoms. The van der Waals surface area contributed by atoms with Crippen LogP contribution in [0.25, 0.3) is 0 Å². The Morgan fingerprint density at radius 3 is 2.88 bits per heavy atom. The Labute approximate surface area is 96.2 Å². The average Bonchev–Trinajstić information content (AvgIpc) is 2.43. The highest BCUT2D eigenvalue weighted by molar-refractivity contribution is 5.87. The number of aryl methyl sites for hydroxylation is 1. The van der Waals surface area contributed by atoms with Crippen molar-refractivity contribution in [1.29, 1.82) is 0 Å². The number of benzene rings is 1. The quantitative estimate of drug-likeness (QED) is 0.746. The fourth-order valence-electron chi connectivity index (χ4n) is 2.07. The van der Waals surface area contributed by atoms with Gasteiger partial charge in [-0.25, -0.2) is 0 Å². The van der Waals surface area contributed by atoms with Crippen LogP contribution < -0.4 is 10.6 Å². The molecule has 3 heteroatoms. The Kier molecular flexibility index (Phi) is 2.97. The van der Waals surface area contributed by atoms with Crippen molar-refractivity contribution < 1.29 is 4.79 Å². The van der Waals surface area contributed by atoms with Crippen molar-refractivity contribution in [3.05, 3.63) is 35.4 Å². The van der Waals surface area contributed by atoms with Crippen LogP contribution in [0.15, 0.2) is 24.3 Å². The normalized spacial score (nSPS) is 26.0. The predicted molar refractivity (Wildman–Crippen MR) is 64.2 cm³/mol. The molecule has 2 rings (SSSR count). The molecular weight excluding hydrogens is 200 g/mol. The molecule has 3 nitrogen and oxygen atoms in total. The first-order valence-corrected chi connectivity index (χ1v) is 5.73. The first-order chi connectivity index (χ1) is 7.63. The third-order valence-electron chi connectivity index (χ3n) is 3.17. The molecule has 1 fully saturated rings. The summed E-state index contributed by atoms with van der Waals surface area (Å²) in [5.74, 6) is 0.0654. The minimum Gasteiger partial charge on any atom is -0.354 e. The van der Waals surface area contributed by atoms with E-state index in [1.165, 1.54) is 5.56 Å². The molecule has 2 N–H and O–H groups in total. The number of carbonyl (C=O) groups excluding carboxylic acids is 1. The van der Waals surface area contributed by atoms with E-state index in [1.54, 1.807) is 0 Å². The molecule has 1 unspecified atom stereocenters. The highest BCUT2D eigenvalue weighted by Gasteiger charge is 2.35. The van der Waals surface area contributed by atoms with Crippen LogP contribution in [0.1, 0.15) is 24.5 Å². The summed E-state index contributed by atoms with van der Waals surface area (Å²) in [4.78, 5) is 12.1. The van der Waals surface area contributed by atoms with Crippen molar-refractivity contribution in [2.24, 2.45) is 0 Å². The largest absolute Gasteiger partial charge is 0.354 e. The number of hydrogen-bond donors (Lipinski definition) is 2. The zero-order valence-electron chi connectivity index (χ0n) is 9.84. The van der Waals surface area contributed by atoms with E-state index in [0.717, 1.165) is 25.1 Å². The Morgan fingerprint density at radius 2 is 2.12 bits per heavy atom. The first kappa shape index (κ1) is 11.1. The third kappa shape index (κ3) is 1.95. The van der Waals surface area contributed by atoms with E-state index in [2.05, 4.69) is 16.7 Å². The van der Waals surface area contributed by atoms with E-state index in [1.807, 2.05) is 32.0 Å². The number of nitrogens with one attached hydrogen (secondary N) is 2. The smallest absolute Gasteiger partial charge is 0.244 e. The number of carbonyl (C=O) groups is 1. The van der Waals surface area contributed by atoms with Crippen molar-refractivity contribution in [3.8, 4) is 0 Å². The molecule has 1 heterocycles. The molecule has 0 aromatic heterocycles. The Morgan fingerprint density at radius 1 is 1.31 bits per heavy atom. The standard InChI is InChI=1S/C13H18N2O/c1-10-5-3-6-11(9-10)13(2)12(16)14-7-4-8-15-13/h3,5-6,9,15H,4,7-8H2,1-2H3,(H,14,16). The molecule has 1 aromatic carbocycles. The maximum absolute atomic E-state index is 12.1. The van der Waals surface area contributed by atoms with E-state index in [9.17, 15) is 4.79 Å². The molecule has 1 aromatic rings. The zero-order chi connectivity index (χ0) is 11.6. The molecule has 0 radical (unpaired) electrons. The van der Waals surface area contributed by atoms with Gasteiger partial charge in [-0.1, -0.05) is 29.8 Å². The van der Waals surface area contributed by atoms with Crippen LogP contribution in [0.2, 0.25) is 0 Å². The first-order valence-electron chi connectivity index (χ1n) is 5.73. The van der Waals surface area contributed by atoms with Crippen LogP contribution in [-0.4, -0.2) is 19.0 Å². The second-order valence-corrected chi connectivity index (χ2v) is 4.53. The molecule has 0 saturated carbocycles. The van der Waals surface area contributed by atoms with Crippen LogP contribution in [0.5, 0.6) is 0 Å². The summed E-state index contributed by atoms with van der Waals surface area (Å²) in [7, 11) is 0. The van der Waals surface area contributed by atoms with Crippen molar-refractivity contribution in [3.63, 3.8) is 0 Å². The van der Waals surface area contributed by atoms with Gasteiger partial charge in [0.05, 0.1) is 0 Å². The van der Waals surface area contributed by atoms with Gasteiger partial charge in [0.1, 0.15) is 5.54 Å². The average molecular weight is 218 g/mol. The number of amides is 1. The van der Waals surface area contributed by atoms with Crippen LogP contribution in [0.4, 0.5) is 0 Å². The van der Waals surface area contributed by atoms with Gasteiger partial charge in [-0.15, -0.1) is 0 Å². The number of hydrogen-bond acceptors (Lipinski definition) is 2. The van der Waals surface area contributed by atoms with Crippen molar-refractivity contribution in [1.82, 2.24) is 10.6 Å². The van der Waals surface area contributed by atoms with E-state index in [-0.39, 0.29) is 5.91 Å². The Hall–Kier alpha value is -1.35. The second-order valence-electron chi connectivity index (χ2n) is 4.53. The maximum Gasteiger partial charge on any atom is 0.244 e. The van der Waals surface area contributed by atoms with Crippen LogP contribution in [0, 0.1) is 6.92 Å². The van der Waals surface area contributed by atoms with E-state index in [0.29, 0.717) is 0 Å². The molecule has 0 spiro atoms. The van der Waals surface area contributed by atoms with Gasteiger partial charge in [0.2, 0.25) is 5.91 Å². The highest BCUT2D eigenvalue weighted by Crippen LogP contribution is 2.23. The lowest BCUT2D eigenvalue weighted by Crippen LogP contribution is -2.50. The summed E-state index contributed by atoms with van der Waals surface area (Å²) in [6.45, 7) is 5.61. The van der Waals surface area contributed by atoms with E-state index < -0.39 is 5.54 Å². The van der Waals surface area contributed by atoms with Gasteiger partial charge in [0.25, 0.3) is 0 Å². The van der Waals surface area contributed by atoms with Gasteiger partial charge in [-0.3, -0.25) is 10.1 Å². The van der Waals surface area contributed by atoms with Gasteiger partial charge >= 0.3 is 0 Å². The van der Waals surface area contributed by atoms with Crippen LogP contribution >= 0.6 is 0 Å². The summed E-state index contributed by atoms with van der Waals surface area (Å²) in [5, 5.41) is 6.29. The summed E-state index contributed by atoms with van der Waals surface area (Å²) in [6.07, 6.45) is 0.979. The molecule has 1 atom stereocenters. The van der Waals surface area contributed by atoms with Gasteiger partial charge in [-0.2, -0.15) is 0 Å². The van der Waals surface area contributed by atoms with Gasteiger partial charge in [0.15, 0.2) is 0 Å². The second kappa shape index (κ2) is 4.26. The predicted octanol–water partition coefficient (Wildman–Crippen LogP) is 1.32. The third-order valence-corrected chi connectivity index (χ3v) is 3.17. The summed E-state index contributed by atoms with van der Waals surface area (Å²) in [5.41, 5.74) is 1.62. The summed E-state index contributed by atoms with van der Waals surface area (Å²) in [6, 6.07) is 8.11. The molecule has 86 valence electrons. The lowest BCUT2D eigenvalue weighted by molar-refractivity contribution is -0.126. The molecule has 1 amide bonds. The molecule has 0 aliphatic carbocycles. The van der Waals surface area contributed by atoms with Gasteiger partial charge < -0.3 is 5.32 Å². The van der Waals surface area contributed by atoms with Gasteiger partial charge in [0, 0.05) is 6.54 Å². The minimum atomic E-state index is -0.595. The zero-order valence-corrected chi connectivity index (χ0v) is 9.84. The monoisotopic (exact) mass is 218 g/mol. The Balaban J connectivity index is 2.38. The number of rotatable bonds is 1. The molecule has 1 saturated heterocycles. The van der Waals surface area contributed by atoms with Crippen molar-refractivity contribution in [2.45, 2.75) is 25.8 Å². The van der Waals surface area contributed by atoms with E-state index >= 15 is 0 Å². The maximum atomic E-state index is 12.1. The fourth-order valence-corrected chi connectivity index (χ4v) is 2.07. The van der Waals surface area contributed by atoms with E-state index in [4.69, 9.17) is 0 Å². The summed E-state index contributed by atoms with van der Waals surface area (Å²) < 4.78 is 0. The lowest BCUT2D eigenvalue weighted by atomic mass is 9.90. The van der Waals surface area contributed by atoms with Crippen LogP contribution in [-0.2, 0) is 10.3 Å². The van der Waals surface area contributed by atoms with Crippen molar-refractivity contribution >= 4 is 5.91 Å². The lowest BCUT2D eigenvalue weighted by Gasteiger charge is -2.28. The highest BCUT2D eigenvalue weighted by atomic mass is 16.2.